The number of nitrogens with zero attached hydrogens (tertiary/aromatic N) is 2. The van der Waals surface area contributed by atoms with Crippen LogP contribution in [0, 0.1) is 0 Å². The van der Waals surface area contributed by atoms with Crippen LogP contribution in [-0.4, -0.2) is 29.0 Å². The second-order valence-electron chi connectivity index (χ2n) is 10.1. The van der Waals surface area contributed by atoms with E-state index in [0.29, 0.717) is 39.2 Å². The molecule has 0 aliphatic rings. The molecule has 0 atom stereocenters. The number of benzene rings is 4. The summed E-state index contributed by atoms with van der Waals surface area (Å²) in [6.07, 6.45) is 0.858. The Balaban J connectivity index is 1.37. The monoisotopic (exact) mass is 670 g/mol. The summed E-state index contributed by atoms with van der Waals surface area (Å²) in [5.41, 5.74) is 2.59. The van der Waals surface area contributed by atoms with Crippen LogP contribution in [-0.2, 0) is 28.3 Å². The summed E-state index contributed by atoms with van der Waals surface area (Å²) in [6.45, 7) is 0.387. The number of imidazole rings is 1. The second kappa shape index (κ2) is 12.9. The van der Waals surface area contributed by atoms with Crippen LogP contribution in [0.3, 0.4) is 0 Å². The highest BCUT2D eigenvalue weighted by Gasteiger charge is 2.30. The van der Waals surface area contributed by atoms with Gasteiger partial charge in [-0.3, -0.25) is 0 Å². The van der Waals surface area contributed by atoms with Gasteiger partial charge in [-0.2, -0.15) is 13.2 Å². The Morgan fingerprint density at radius 2 is 1.51 bits per heavy atom. The molecule has 1 heterocycles. The highest BCUT2D eigenvalue weighted by molar-refractivity contribution is 7.90. The number of carboxylic acid groups (broad SMARTS) is 1. The van der Waals surface area contributed by atoms with Gasteiger partial charge in [0.05, 0.1) is 32.5 Å². The van der Waals surface area contributed by atoms with Gasteiger partial charge in [0.15, 0.2) is 9.84 Å². The Hall–Kier alpha value is -4.38. The molecule has 0 aliphatic heterocycles. The molecule has 0 radical (unpaired) electrons. The summed E-state index contributed by atoms with van der Waals surface area (Å²) in [4.78, 5) is 15.8. The van der Waals surface area contributed by atoms with Crippen LogP contribution < -0.4 is 0 Å². The number of carboxylic acids is 1. The molecule has 5 aromatic rings. The first-order chi connectivity index (χ1) is 21.3. The van der Waals surface area contributed by atoms with Crippen molar-refractivity contribution in [1.82, 2.24) is 9.55 Å². The van der Waals surface area contributed by atoms with Gasteiger partial charge in [-0.25, -0.2) is 18.2 Å². The summed E-state index contributed by atoms with van der Waals surface area (Å²) in [7, 11) is -3.87. The number of sulfone groups is 1. The van der Waals surface area contributed by atoms with Crippen LogP contribution in [0.5, 0.6) is 0 Å². The number of rotatable bonds is 9. The average molecular weight is 672 g/mol. The molecule has 0 fully saturated rings. The quantitative estimate of drug-likeness (QED) is 0.169. The highest BCUT2D eigenvalue weighted by Crippen LogP contribution is 2.32. The van der Waals surface area contributed by atoms with E-state index < -0.39 is 27.5 Å². The summed E-state index contributed by atoms with van der Waals surface area (Å²) in [5, 5.41) is 10.1. The molecular formula is C33H23Cl2F3N2O4S. The predicted octanol–water partition coefficient (Wildman–Crippen LogP) is 8.77. The lowest BCUT2D eigenvalue weighted by Gasteiger charge is -2.09. The molecule has 1 aromatic heterocycles. The Morgan fingerprint density at radius 3 is 2.11 bits per heavy atom. The zero-order valence-electron chi connectivity index (χ0n) is 23.2. The van der Waals surface area contributed by atoms with Crippen molar-refractivity contribution in [2.75, 3.05) is 0 Å². The molecule has 5 rings (SSSR count). The number of hydrogen-bond acceptors (Lipinski definition) is 4. The van der Waals surface area contributed by atoms with E-state index in [1.165, 1.54) is 12.1 Å². The smallest absolute Gasteiger partial charge is 0.416 e. The van der Waals surface area contributed by atoms with E-state index in [1.807, 2.05) is 10.8 Å². The lowest BCUT2D eigenvalue weighted by molar-refractivity contribution is -0.137. The fourth-order valence-electron chi connectivity index (χ4n) is 4.52. The molecule has 12 heteroatoms. The van der Waals surface area contributed by atoms with Crippen LogP contribution >= 0.6 is 23.2 Å². The van der Waals surface area contributed by atoms with Crippen LogP contribution in [0.15, 0.2) is 102 Å². The number of aromatic nitrogens is 2. The third kappa shape index (κ3) is 7.83. The molecule has 0 unspecified atom stereocenters. The van der Waals surface area contributed by atoms with Gasteiger partial charge < -0.3 is 9.67 Å². The maximum Gasteiger partial charge on any atom is 0.416 e. The van der Waals surface area contributed by atoms with Crippen LogP contribution in [0.2, 0.25) is 10.0 Å². The van der Waals surface area contributed by atoms with E-state index in [2.05, 4.69) is 0 Å². The van der Waals surface area contributed by atoms with Crippen molar-refractivity contribution in [3.63, 3.8) is 0 Å². The van der Waals surface area contributed by atoms with E-state index in [-0.39, 0.29) is 16.2 Å². The number of halogens is 5. The minimum Gasteiger partial charge on any atom is -0.478 e. The zero-order valence-corrected chi connectivity index (χ0v) is 25.5. The van der Waals surface area contributed by atoms with Crippen molar-refractivity contribution in [2.24, 2.45) is 0 Å². The van der Waals surface area contributed by atoms with Crippen LogP contribution in [0.4, 0.5) is 13.2 Å². The van der Waals surface area contributed by atoms with Crippen molar-refractivity contribution in [3.8, 4) is 11.3 Å². The van der Waals surface area contributed by atoms with Crippen LogP contribution in [0.25, 0.3) is 23.4 Å². The maximum absolute atomic E-state index is 12.8. The van der Waals surface area contributed by atoms with E-state index in [1.54, 1.807) is 66.7 Å². The van der Waals surface area contributed by atoms with Crippen molar-refractivity contribution in [1.29, 1.82) is 0 Å². The first-order valence-corrected chi connectivity index (χ1v) is 15.7. The van der Waals surface area contributed by atoms with E-state index in [0.717, 1.165) is 35.4 Å². The van der Waals surface area contributed by atoms with Gasteiger partial charge in [0.1, 0.15) is 5.82 Å². The molecule has 4 aromatic carbocycles. The average Bonchev–Trinajstić information content (AvgIpc) is 3.38. The van der Waals surface area contributed by atoms with Crippen molar-refractivity contribution < 1.29 is 31.5 Å². The van der Waals surface area contributed by atoms with Gasteiger partial charge in [0.25, 0.3) is 0 Å². The highest BCUT2D eigenvalue weighted by atomic mass is 35.5. The molecule has 230 valence electrons. The topological polar surface area (TPSA) is 89.3 Å². The Kier molecular flexibility index (Phi) is 9.20. The number of hydrogen-bond donors (Lipinski definition) is 1. The second-order valence-corrected chi connectivity index (χ2v) is 12.9. The molecule has 0 amide bonds. The van der Waals surface area contributed by atoms with Gasteiger partial charge in [-0.05, 0) is 77.4 Å². The lowest BCUT2D eigenvalue weighted by atomic mass is 10.1. The Morgan fingerprint density at radius 1 is 0.867 bits per heavy atom. The van der Waals surface area contributed by atoms with E-state index in [9.17, 15) is 31.5 Å². The van der Waals surface area contributed by atoms with Gasteiger partial charge in [0, 0.05) is 23.3 Å². The fraction of sp³-hybridized carbons (Fsp3) is 0.0909. The molecule has 1 N–H and O–H groups in total. The van der Waals surface area contributed by atoms with Gasteiger partial charge in [0.2, 0.25) is 0 Å². The first kappa shape index (κ1) is 32.0. The normalized spacial score (nSPS) is 12.1. The first-order valence-electron chi connectivity index (χ1n) is 13.3. The van der Waals surface area contributed by atoms with E-state index >= 15 is 0 Å². The summed E-state index contributed by atoms with van der Waals surface area (Å²) >= 11 is 12.5. The van der Waals surface area contributed by atoms with Crippen molar-refractivity contribution in [2.45, 2.75) is 23.4 Å². The van der Waals surface area contributed by atoms with Crippen LogP contribution in [0.1, 0.15) is 38.4 Å². The number of alkyl halides is 3. The van der Waals surface area contributed by atoms with Gasteiger partial charge in [-0.1, -0.05) is 65.7 Å². The maximum atomic E-state index is 12.8. The molecular weight excluding hydrogens is 648 g/mol. The largest absolute Gasteiger partial charge is 0.478 e. The Labute approximate surface area is 266 Å². The summed E-state index contributed by atoms with van der Waals surface area (Å²) in [6, 6.07) is 21.8. The minimum absolute atomic E-state index is 0.175. The fourth-order valence-corrected chi connectivity index (χ4v) is 6.37. The summed E-state index contributed by atoms with van der Waals surface area (Å²) in [5.74, 6) is -0.818. The van der Waals surface area contributed by atoms with Gasteiger partial charge >= 0.3 is 12.1 Å². The molecule has 0 spiro atoms. The van der Waals surface area contributed by atoms with Gasteiger partial charge in [-0.15, -0.1) is 0 Å². The van der Waals surface area contributed by atoms with Crippen molar-refractivity contribution >= 4 is 51.2 Å². The molecule has 0 saturated carbocycles. The molecule has 0 saturated heterocycles. The van der Waals surface area contributed by atoms with Crippen molar-refractivity contribution in [3.05, 3.63) is 141 Å². The number of carbonyl (C=O) groups is 1. The standard InChI is InChI=1S/C33H23Cl2F3N2O4S/c34-26-12-15-28(29(35)17-26)30-19-40(18-22-5-8-24(9-6-22)32(41)42)31(39-30)16-7-21-1-3-23(4-2-21)20-45(43,44)27-13-10-25(11-14-27)33(36,37)38/h1-17,19H,18,20H2,(H,41,42)/b16-7+. The minimum atomic E-state index is -4.55. The zero-order chi connectivity index (χ0) is 32.4. The summed E-state index contributed by atoms with van der Waals surface area (Å²) < 4.78 is 66.1. The molecule has 45 heavy (non-hydrogen) atoms. The molecule has 0 bridgehead atoms. The Bertz CT molecular complexity index is 1990. The molecule has 6 nitrogen and oxygen atoms in total. The third-order valence-corrected chi connectivity index (χ3v) is 9.12. The number of aromatic carboxylic acids is 1. The van der Waals surface area contributed by atoms with E-state index in [4.69, 9.17) is 28.2 Å². The lowest BCUT2D eigenvalue weighted by Crippen LogP contribution is -2.08. The third-order valence-electron chi connectivity index (χ3n) is 6.87. The SMILES string of the molecule is O=C(O)c1ccc(Cn2cc(-c3ccc(Cl)cc3Cl)nc2/C=C/c2ccc(CS(=O)(=O)c3ccc(C(F)(F)F)cc3)cc2)cc1. The molecule has 0 aliphatic carbocycles. The predicted molar refractivity (Wildman–Crippen MR) is 168 cm³/mol.